The Bertz CT molecular complexity index is 779. The number of aryl methyl sites for hydroxylation is 1. The van der Waals surface area contributed by atoms with E-state index in [0.717, 1.165) is 18.7 Å². The van der Waals surface area contributed by atoms with E-state index in [1.165, 1.54) is 22.4 Å². The summed E-state index contributed by atoms with van der Waals surface area (Å²) in [5.41, 5.74) is 6.07. The van der Waals surface area contributed by atoms with E-state index >= 15 is 0 Å². The summed E-state index contributed by atoms with van der Waals surface area (Å²) in [5, 5.41) is 4.30. The van der Waals surface area contributed by atoms with Gasteiger partial charge in [-0.3, -0.25) is 0 Å². The van der Waals surface area contributed by atoms with Crippen molar-refractivity contribution in [2.45, 2.75) is 19.4 Å². The number of benzene rings is 2. The molecule has 1 atom stereocenters. The summed E-state index contributed by atoms with van der Waals surface area (Å²) in [7, 11) is 0. The molecule has 4 rings (SSSR count). The van der Waals surface area contributed by atoms with Crippen LogP contribution in [-0.2, 0) is 6.42 Å². The molecule has 3 aromatic rings. The molecule has 1 aliphatic rings. The fraction of sp³-hybridized carbons (Fsp3) is 0.211. The number of para-hydroxylation sites is 1. The van der Waals surface area contributed by atoms with Gasteiger partial charge in [0.15, 0.2) is 0 Å². The first-order chi connectivity index (χ1) is 10.8. The second-order valence-electron chi connectivity index (χ2n) is 5.77. The molecule has 0 fully saturated rings. The molecular weight excluding hydrogens is 272 g/mol. The van der Waals surface area contributed by atoms with Gasteiger partial charge in [0.05, 0.1) is 0 Å². The zero-order chi connectivity index (χ0) is 14.9. The van der Waals surface area contributed by atoms with E-state index < -0.39 is 0 Å². The SMILES string of the molecule is Cc1ccccc1N1CCc2conc2C1c1ccccc1. The van der Waals surface area contributed by atoms with Crippen LogP contribution in [0.4, 0.5) is 5.69 Å². The average molecular weight is 290 g/mol. The Morgan fingerprint density at radius 3 is 2.64 bits per heavy atom. The molecule has 1 aromatic heterocycles. The van der Waals surface area contributed by atoms with Crippen LogP contribution < -0.4 is 4.90 Å². The van der Waals surface area contributed by atoms with Crippen molar-refractivity contribution in [2.75, 3.05) is 11.4 Å². The minimum absolute atomic E-state index is 0.116. The zero-order valence-electron chi connectivity index (χ0n) is 12.6. The molecule has 110 valence electrons. The van der Waals surface area contributed by atoms with Crippen LogP contribution in [0, 0.1) is 6.92 Å². The third-order valence-electron chi connectivity index (χ3n) is 4.41. The molecule has 3 heteroatoms. The second kappa shape index (κ2) is 5.34. The predicted octanol–water partition coefficient (Wildman–Crippen LogP) is 4.14. The lowest BCUT2D eigenvalue weighted by molar-refractivity contribution is 0.408. The van der Waals surface area contributed by atoms with Crippen molar-refractivity contribution in [3.63, 3.8) is 0 Å². The van der Waals surface area contributed by atoms with E-state index in [0.29, 0.717) is 0 Å². The van der Waals surface area contributed by atoms with Crippen LogP contribution in [0.1, 0.15) is 28.4 Å². The highest BCUT2D eigenvalue weighted by Crippen LogP contribution is 2.38. The molecule has 0 saturated heterocycles. The highest BCUT2D eigenvalue weighted by atomic mass is 16.5. The van der Waals surface area contributed by atoms with E-state index in [1.807, 2.05) is 6.07 Å². The van der Waals surface area contributed by atoms with Gasteiger partial charge in [0, 0.05) is 17.8 Å². The van der Waals surface area contributed by atoms with E-state index in [-0.39, 0.29) is 6.04 Å². The van der Waals surface area contributed by atoms with Gasteiger partial charge in [-0.2, -0.15) is 0 Å². The van der Waals surface area contributed by atoms with Gasteiger partial charge < -0.3 is 9.42 Å². The highest BCUT2D eigenvalue weighted by Gasteiger charge is 2.32. The topological polar surface area (TPSA) is 29.3 Å². The van der Waals surface area contributed by atoms with Crippen LogP contribution in [0.2, 0.25) is 0 Å². The molecule has 0 spiro atoms. The maximum absolute atomic E-state index is 5.26. The molecule has 1 aliphatic heterocycles. The van der Waals surface area contributed by atoms with Crippen LogP contribution >= 0.6 is 0 Å². The maximum atomic E-state index is 5.26. The van der Waals surface area contributed by atoms with Gasteiger partial charge in [0.25, 0.3) is 0 Å². The molecule has 0 amide bonds. The molecule has 1 unspecified atom stereocenters. The van der Waals surface area contributed by atoms with Crippen molar-refractivity contribution in [3.8, 4) is 0 Å². The molecular formula is C19H18N2O. The molecule has 0 N–H and O–H groups in total. The third-order valence-corrected chi connectivity index (χ3v) is 4.41. The van der Waals surface area contributed by atoms with Crippen LogP contribution in [-0.4, -0.2) is 11.7 Å². The summed E-state index contributed by atoms with van der Waals surface area (Å²) >= 11 is 0. The van der Waals surface area contributed by atoms with Gasteiger partial charge in [-0.1, -0.05) is 53.7 Å². The lowest BCUT2D eigenvalue weighted by Crippen LogP contribution is -2.36. The van der Waals surface area contributed by atoms with E-state index in [2.05, 4.69) is 65.5 Å². The van der Waals surface area contributed by atoms with Crippen molar-refractivity contribution >= 4 is 5.69 Å². The first-order valence-corrected chi connectivity index (χ1v) is 7.65. The van der Waals surface area contributed by atoms with Crippen molar-refractivity contribution in [2.24, 2.45) is 0 Å². The minimum Gasteiger partial charge on any atom is -0.364 e. The molecule has 0 radical (unpaired) electrons. The first kappa shape index (κ1) is 13.1. The monoisotopic (exact) mass is 290 g/mol. The van der Waals surface area contributed by atoms with Crippen LogP contribution in [0.3, 0.4) is 0 Å². The molecule has 2 heterocycles. The van der Waals surface area contributed by atoms with E-state index in [4.69, 9.17) is 4.52 Å². The average Bonchev–Trinajstić information content (AvgIpc) is 3.04. The van der Waals surface area contributed by atoms with Crippen molar-refractivity contribution in [3.05, 3.63) is 83.2 Å². The standard InChI is InChI=1S/C19H18N2O/c1-14-7-5-6-10-17(14)21-12-11-16-13-22-20-18(16)19(21)15-8-3-2-4-9-15/h2-10,13,19H,11-12H2,1H3. The van der Waals surface area contributed by atoms with Gasteiger partial charge in [-0.25, -0.2) is 0 Å². The minimum atomic E-state index is 0.116. The Kier molecular flexibility index (Phi) is 3.19. The van der Waals surface area contributed by atoms with Gasteiger partial charge in [-0.15, -0.1) is 0 Å². The number of anilines is 1. The summed E-state index contributed by atoms with van der Waals surface area (Å²) in [5.74, 6) is 0. The fourth-order valence-electron chi connectivity index (χ4n) is 3.31. The van der Waals surface area contributed by atoms with Gasteiger partial charge >= 0.3 is 0 Å². The highest BCUT2D eigenvalue weighted by molar-refractivity contribution is 5.58. The van der Waals surface area contributed by atoms with E-state index in [9.17, 15) is 0 Å². The molecule has 22 heavy (non-hydrogen) atoms. The van der Waals surface area contributed by atoms with Crippen LogP contribution in [0.5, 0.6) is 0 Å². The van der Waals surface area contributed by atoms with Crippen molar-refractivity contribution < 1.29 is 4.52 Å². The van der Waals surface area contributed by atoms with Gasteiger partial charge in [0.2, 0.25) is 0 Å². The Hall–Kier alpha value is -2.55. The normalized spacial score (nSPS) is 17.3. The summed E-state index contributed by atoms with van der Waals surface area (Å²) < 4.78 is 5.26. The summed E-state index contributed by atoms with van der Waals surface area (Å²) in [6, 6.07) is 19.2. The molecule has 0 bridgehead atoms. The van der Waals surface area contributed by atoms with Crippen molar-refractivity contribution in [1.29, 1.82) is 0 Å². The molecule has 0 saturated carbocycles. The number of rotatable bonds is 2. The number of nitrogens with zero attached hydrogens (tertiary/aromatic N) is 2. The van der Waals surface area contributed by atoms with Crippen LogP contribution in [0.15, 0.2) is 65.4 Å². The summed E-state index contributed by atoms with van der Waals surface area (Å²) in [4.78, 5) is 2.44. The number of fused-ring (bicyclic) bond motifs is 1. The summed E-state index contributed by atoms with van der Waals surface area (Å²) in [6.45, 7) is 3.13. The largest absolute Gasteiger partial charge is 0.364 e. The number of hydrogen-bond donors (Lipinski definition) is 0. The fourth-order valence-corrected chi connectivity index (χ4v) is 3.31. The number of aromatic nitrogens is 1. The zero-order valence-corrected chi connectivity index (χ0v) is 12.6. The number of hydrogen-bond acceptors (Lipinski definition) is 3. The van der Waals surface area contributed by atoms with E-state index in [1.54, 1.807) is 6.26 Å². The Balaban J connectivity index is 1.86. The molecule has 0 aliphatic carbocycles. The third kappa shape index (κ3) is 2.10. The second-order valence-corrected chi connectivity index (χ2v) is 5.77. The lowest BCUT2D eigenvalue weighted by Gasteiger charge is -2.37. The Morgan fingerprint density at radius 1 is 1.05 bits per heavy atom. The van der Waals surface area contributed by atoms with Crippen molar-refractivity contribution in [1.82, 2.24) is 5.16 Å². The van der Waals surface area contributed by atoms with Crippen LogP contribution in [0.25, 0.3) is 0 Å². The Labute approximate surface area is 130 Å². The summed E-state index contributed by atoms with van der Waals surface area (Å²) in [6.07, 6.45) is 2.76. The molecule has 3 nitrogen and oxygen atoms in total. The quantitative estimate of drug-likeness (QED) is 0.710. The maximum Gasteiger partial charge on any atom is 0.127 e. The Morgan fingerprint density at radius 2 is 1.82 bits per heavy atom. The molecule has 2 aromatic carbocycles. The first-order valence-electron chi connectivity index (χ1n) is 7.65. The predicted molar refractivity (Wildman–Crippen MR) is 87.0 cm³/mol. The smallest absolute Gasteiger partial charge is 0.127 e. The van der Waals surface area contributed by atoms with Gasteiger partial charge in [0.1, 0.15) is 18.0 Å². The van der Waals surface area contributed by atoms with Gasteiger partial charge in [-0.05, 0) is 30.5 Å². The lowest BCUT2D eigenvalue weighted by atomic mass is 9.93.